The number of rotatable bonds is 6. The molecule has 1 unspecified atom stereocenters. The van der Waals surface area contributed by atoms with Crippen LogP contribution in [0.4, 0.5) is 0 Å². The van der Waals surface area contributed by atoms with Gasteiger partial charge in [-0.1, -0.05) is 6.92 Å². The van der Waals surface area contributed by atoms with E-state index in [9.17, 15) is 8.42 Å². The third kappa shape index (κ3) is 4.66. The highest BCUT2D eigenvalue weighted by molar-refractivity contribution is 7.99. The second-order valence-electron chi connectivity index (χ2n) is 3.67. The summed E-state index contributed by atoms with van der Waals surface area (Å²) in [5.41, 5.74) is 0. The Kier molecular flexibility index (Phi) is 5.26. The Balaban J connectivity index is 2.13. The van der Waals surface area contributed by atoms with E-state index in [1.165, 1.54) is 12.2 Å². The Bertz CT molecular complexity index is 246. The van der Waals surface area contributed by atoms with Crippen molar-refractivity contribution in [1.82, 2.24) is 5.32 Å². The molecule has 0 spiro atoms. The monoisotopic (exact) mass is 237 g/mol. The lowest BCUT2D eigenvalue weighted by molar-refractivity contribution is 0.562. The molecule has 1 heterocycles. The van der Waals surface area contributed by atoms with Crippen LogP contribution in [-0.2, 0) is 9.84 Å². The van der Waals surface area contributed by atoms with Gasteiger partial charge in [0.05, 0.1) is 5.75 Å². The molecular weight excluding hydrogens is 218 g/mol. The molecular formula is C9H19NO2S2. The first-order chi connectivity index (χ1) is 6.64. The molecule has 3 nitrogen and oxygen atoms in total. The Morgan fingerprint density at radius 3 is 2.79 bits per heavy atom. The molecule has 1 fully saturated rings. The molecule has 0 aliphatic carbocycles. The van der Waals surface area contributed by atoms with Crippen molar-refractivity contribution < 1.29 is 8.42 Å². The van der Waals surface area contributed by atoms with E-state index >= 15 is 0 Å². The first kappa shape index (κ1) is 12.3. The van der Waals surface area contributed by atoms with Crippen molar-refractivity contribution in [2.75, 3.05) is 29.6 Å². The number of hydrogen-bond donors (Lipinski definition) is 1. The maximum atomic E-state index is 11.4. The van der Waals surface area contributed by atoms with E-state index in [0.29, 0.717) is 24.1 Å². The van der Waals surface area contributed by atoms with Gasteiger partial charge >= 0.3 is 0 Å². The topological polar surface area (TPSA) is 46.2 Å². The molecule has 1 aliphatic heterocycles. The molecule has 0 radical (unpaired) electrons. The van der Waals surface area contributed by atoms with E-state index in [-0.39, 0.29) is 0 Å². The van der Waals surface area contributed by atoms with Crippen molar-refractivity contribution in [3.05, 3.63) is 0 Å². The first-order valence-corrected chi connectivity index (χ1v) is 8.13. The molecule has 0 aromatic rings. The fraction of sp³-hybridized carbons (Fsp3) is 1.00. The van der Waals surface area contributed by atoms with E-state index < -0.39 is 9.84 Å². The van der Waals surface area contributed by atoms with Gasteiger partial charge in [-0.3, -0.25) is 0 Å². The van der Waals surface area contributed by atoms with Crippen molar-refractivity contribution in [3.8, 4) is 0 Å². The molecule has 1 saturated heterocycles. The summed E-state index contributed by atoms with van der Waals surface area (Å²) in [6.07, 6.45) is 1.90. The van der Waals surface area contributed by atoms with E-state index in [0.717, 1.165) is 12.2 Å². The van der Waals surface area contributed by atoms with Gasteiger partial charge < -0.3 is 5.32 Å². The van der Waals surface area contributed by atoms with E-state index in [2.05, 4.69) is 5.32 Å². The lowest BCUT2D eigenvalue weighted by atomic mass is 10.3. The van der Waals surface area contributed by atoms with Gasteiger partial charge in [0, 0.05) is 24.1 Å². The number of nitrogens with one attached hydrogen (secondary N) is 1. The Hall–Kier alpha value is 0.260. The molecule has 14 heavy (non-hydrogen) atoms. The molecule has 0 bridgehead atoms. The van der Waals surface area contributed by atoms with E-state index in [1.807, 2.05) is 18.7 Å². The van der Waals surface area contributed by atoms with Crippen LogP contribution in [0.3, 0.4) is 0 Å². The normalized spacial score (nSPS) is 22.8. The van der Waals surface area contributed by atoms with Gasteiger partial charge in [0.15, 0.2) is 9.84 Å². The average molecular weight is 237 g/mol. The van der Waals surface area contributed by atoms with Gasteiger partial charge in [0.25, 0.3) is 0 Å². The zero-order valence-electron chi connectivity index (χ0n) is 8.66. The van der Waals surface area contributed by atoms with Gasteiger partial charge in [0.2, 0.25) is 0 Å². The lowest BCUT2D eigenvalue weighted by Gasteiger charge is -2.10. The molecule has 1 atom stereocenters. The standard InChI is InChI=1S/C9H19NO2S2/c1-2-6-14(11,12)7-4-10-9-3-5-13-8-9/h9-10H,2-8H2,1H3. The summed E-state index contributed by atoms with van der Waals surface area (Å²) in [7, 11) is -2.79. The third-order valence-corrected chi connectivity index (χ3v) is 5.31. The predicted octanol–water partition coefficient (Wildman–Crippen LogP) is 0.906. The van der Waals surface area contributed by atoms with Crippen molar-refractivity contribution >= 4 is 21.6 Å². The van der Waals surface area contributed by atoms with Crippen LogP contribution in [0.15, 0.2) is 0 Å². The SMILES string of the molecule is CCCS(=O)(=O)CCNC1CCSC1. The second kappa shape index (κ2) is 5.98. The summed E-state index contributed by atoms with van der Waals surface area (Å²) in [4.78, 5) is 0. The van der Waals surface area contributed by atoms with Crippen LogP contribution < -0.4 is 5.32 Å². The minimum atomic E-state index is -2.79. The summed E-state index contributed by atoms with van der Waals surface area (Å²) in [6, 6.07) is 0.539. The Labute approximate surface area is 91.0 Å². The molecule has 1 aliphatic rings. The fourth-order valence-electron chi connectivity index (χ4n) is 1.53. The zero-order chi connectivity index (χ0) is 10.4. The Morgan fingerprint density at radius 1 is 1.43 bits per heavy atom. The summed E-state index contributed by atoms with van der Waals surface area (Å²) < 4.78 is 22.7. The van der Waals surface area contributed by atoms with Crippen molar-refractivity contribution in [2.45, 2.75) is 25.8 Å². The van der Waals surface area contributed by atoms with Crippen LogP contribution in [0.25, 0.3) is 0 Å². The highest BCUT2D eigenvalue weighted by Gasteiger charge is 2.15. The Morgan fingerprint density at radius 2 is 2.21 bits per heavy atom. The molecule has 0 aromatic carbocycles. The fourth-order valence-corrected chi connectivity index (χ4v) is 3.97. The van der Waals surface area contributed by atoms with Crippen molar-refractivity contribution in [1.29, 1.82) is 0 Å². The summed E-state index contributed by atoms with van der Waals surface area (Å²) in [6.45, 7) is 2.52. The lowest BCUT2D eigenvalue weighted by Crippen LogP contribution is -2.33. The van der Waals surface area contributed by atoms with Gasteiger partial charge in [-0.05, 0) is 18.6 Å². The van der Waals surface area contributed by atoms with Crippen molar-refractivity contribution in [2.24, 2.45) is 0 Å². The molecule has 0 aromatic heterocycles. The predicted molar refractivity (Wildman–Crippen MR) is 62.7 cm³/mol. The molecule has 5 heteroatoms. The molecule has 0 amide bonds. The molecule has 1 rings (SSSR count). The van der Waals surface area contributed by atoms with Gasteiger partial charge in [0.1, 0.15) is 0 Å². The van der Waals surface area contributed by atoms with Crippen LogP contribution in [0.1, 0.15) is 19.8 Å². The summed E-state index contributed by atoms with van der Waals surface area (Å²) >= 11 is 1.94. The summed E-state index contributed by atoms with van der Waals surface area (Å²) in [5, 5.41) is 3.30. The van der Waals surface area contributed by atoms with Crippen LogP contribution in [0, 0.1) is 0 Å². The highest BCUT2D eigenvalue weighted by Crippen LogP contribution is 2.16. The molecule has 84 valence electrons. The number of thioether (sulfide) groups is 1. The maximum Gasteiger partial charge on any atom is 0.151 e. The van der Waals surface area contributed by atoms with Gasteiger partial charge in [-0.15, -0.1) is 0 Å². The molecule has 1 N–H and O–H groups in total. The second-order valence-corrected chi connectivity index (χ2v) is 7.12. The minimum absolute atomic E-state index is 0.294. The van der Waals surface area contributed by atoms with Crippen LogP contribution in [0.2, 0.25) is 0 Å². The van der Waals surface area contributed by atoms with Crippen LogP contribution in [0.5, 0.6) is 0 Å². The van der Waals surface area contributed by atoms with Gasteiger partial charge in [-0.25, -0.2) is 8.42 Å². The minimum Gasteiger partial charge on any atom is -0.312 e. The smallest absolute Gasteiger partial charge is 0.151 e. The van der Waals surface area contributed by atoms with Gasteiger partial charge in [-0.2, -0.15) is 11.8 Å². The third-order valence-electron chi connectivity index (χ3n) is 2.29. The zero-order valence-corrected chi connectivity index (χ0v) is 10.3. The quantitative estimate of drug-likeness (QED) is 0.746. The number of hydrogen-bond acceptors (Lipinski definition) is 4. The highest BCUT2D eigenvalue weighted by atomic mass is 32.2. The summed E-state index contributed by atoms with van der Waals surface area (Å²) in [5.74, 6) is 2.96. The van der Waals surface area contributed by atoms with E-state index in [1.54, 1.807) is 0 Å². The molecule has 0 saturated carbocycles. The average Bonchev–Trinajstić information content (AvgIpc) is 2.56. The maximum absolute atomic E-state index is 11.4. The van der Waals surface area contributed by atoms with Crippen LogP contribution >= 0.6 is 11.8 Å². The number of sulfone groups is 1. The first-order valence-electron chi connectivity index (χ1n) is 5.15. The van der Waals surface area contributed by atoms with Crippen LogP contribution in [-0.4, -0.2) is 44.0 Å². The van der Waals surface area contributed by atoms with E-state index in [4.69, 9.17) is 0 Å². The van der Waals surface area contributed by atoms with Crippen molar-refractivity contribution in [3.63, 3.8) is 0 Å². The largest absolute Gasteiger partial charge is 0.312 e.